The fraction of sp³-hybridized carbons (Fsp3) is 0.462. The van der Waals surface area contributed by atoms with Gasteiger partial charge in [-0.25, -0.2) is 0 Å². The Bertz CT molecular complexity index is 460. The van der Waals surface area contributed by atoms with Crippen LogP contribution in [0.15, 0.2) is 24.3 Å². The molecule has 2 fully saturated rings. The summed E-state index contributed by atoms with van der Waals surface area (Å²) in [6, 6.07) is 7.18. The first-order valence-corrected chi connectivity index (χ1v) is 6.36. The predicted octanol–water partition coefficient (Wildman–Crippen LogP) is 2.34. The Kier molecular flexibility index (Phi) is 3.85. The highest BCUT2D eigenvalue weighted by molar-refractivity contribution is 6.30. The molecule has 5 heteroatoms. The molecular weight excluding hydrogens is 271 g/mol. The van der Waals surface area contributed by atoms with E-state index in [1.54, 1.807) is 12.1 Å². The van der Waals surface area contributed by atoms with E-state index in [0.717, 1.165) is 19.6 Å². The molecule has 1 aromatic rings. The standard InChI is InChI=1S/C13H15ClN2O.ClH/c14-11-3-1-2-10(8-11)12(17)16-7-6-15-13(9-16)4-5-13;/h1-3,8,15H,4-7,9H2;1H. The molecule has 18 heavy (non-hydrogen) atoms. The molecule has 0 aromatic heterocycles. The number of halogens is 2. The van der Waals surface area contributed by atoms with E-state index in [1.165, 1.54) is 12.8 Å². The van der Waals surface area contributed by atoms with E-state index in [-0.39, 0.29) is 23.9 Å². The van der Waals surface area contributed by atoms with Crippen LogP contribution < -0.4 is 5.32 Å². The lowest BCUT2D eigenvalue weighted by Crippen LogP contribution is -2.54. The van der Waals surface area contributed by atoms with E-state index in [0.29, 0.717) is 10.6 Å². The molecule has 1 heterocycles. The van der Waals surface area contributed by atoms with Gasteiger partial charge in [-0.3, -0.25) is 4.79 Å². The van der Waals surface area contributed by atoms with Gasteiger partial charge in [-0.2, -0.15) is 0 Å². The van der Waals surface area contributed by atoms with Crippen molar-refractivity contribution >= 4 is 29.9 Å². The zero-order valence-electron chi connectivity index (χ0n) is 9.99. The lowest BCUT2D eigenvalue weighted by atomic mass is 10.1. The van der Waals surface area contributed by atoms with Crippen LogP contribution in [-0.2, 0) is 0 Å². The van der Waals surface area contributed by atoms with Crippen molar-refractivity contribution in [2.24, 2.45) is 0 Å². The van der Waals surface area contributed by atoms with E-state index in [1.807, 2.05) is 17.0 Å². The third kappa shape index (κ3) is 2.63. The molecule has 0 bridgehead atoms. The van der Waals surface area contributed by atoms with Crippen LogP contribution in [0.5, 0.6) is 0 Å². The van der Waals surface area contributed by atoms with Gasteiger partial charge in [-0.15, -0.1) is 12.4 Å². The molecule has 3 nitrogen and oxygen atoms in total. The van der Waals surface area contributed by atoms with Crippen LogP contribution in [0.4, 0.5) is 0 Å². The SMILES string of the molecule is Cl.O=C(c1cccc(Cl)c1)N1CCNC2(CC2)C1. The van der Waals surface area contributed by atoms with Crippen LogP contribution >= 0.6 is 24.0 Å². The third-order valence-corrected chi connectivity index (χ3v) is 3.82. The van der Waals surface area contributed by atoms with Crippen molar-refractivity contribution in [1.82, 2.24) is 10.2 Å². The number of nitrogens with zero attached hydrogens (tertiary/aromatic N) is 1. The fourth-order valence-electron chi connectivity index (χ4n) is 2.42. The second kappa shape index (κ2) is 5.08. The van der Waals surface area contributed by atoms with Gasteiger partial charge >= 0.3 is 0 Å². The summed E-state index contributed by atoms with van der Waals surface area (Å²) >= 11 is 5.91. The Morgan fingerprint density at radius 1 is 1.39 bits per heavy atom. The third-order valence-electron chi connectivity index (χ3n) is 3.59. The van der Waals surface area contributed by atoms with E-state index < -0.39 is 0 Å². The maximum absolute atomic E-state index is 12.3. The number of hydrogen-bond acceptors (Lipinski definition) is 2. The van der Waals surface area contributed by atoms with Crippen LogP contribution in [0.2, 0.25) is 5.02 Å². The van der Waals surface area contributed by atoms with E-state index >= 15 is 0 Å². The Balaban J connectivity index is 0.00000120. The highest BCUT2D eigenvalue weighted by Crippen LogP contribution is 2.37. The first-order chi connectivity index (χ1) is 8.19. The van der Waals surface area contributed by atoms with Crippen LogP contribution in [0.1, 0.15) is 23.2 Å². The molecule has 1 saturated heterocycles. The summed E-state index contributed by atoms with van der Waals surface area (Å²) < 4.78 is 0. The van der Waals surface area contributed by atoms with Gasteiger partial charge in [0.1, 0.15) is 0 Å². The number of piperazine rings is 1. The number of rotatable bonds is 1. The van der Waals surface area contributed by atoms with Crippen LogP contribution in [0.3, 0.4) is 0 Å². The summed E-state index contributed by atoms with van der Waals surface area (Å²) in [5.41, 5.74) is 0.919. The van der Waals surface area contributed by atoms with Crippen molar-refractivity contribution in [2.75, 3.05) is 19.6 Å². The summed E-state index contributed by atoms with van der Waals surface area (Å²) in [4.78, 5) is 14.2. The first-order valence-electron chi connectivity index (χ1n) is 5.98. The van der Waals surface area contributed by atoms with Crippen molar-refractivity contribution in [3.63, 3.8) is 0 Å². The Hall–Kier alpha value is -0.770. The molecule has 1 amide bonds. The summed E-state index contributed by atoms with van der Waals surface area (Å²) in [6.45, 7) is 2.51. The van der Waals surface area contributed by atoms with E-state index in [4.69, 9.17) is 11.6 Å². The molecule has 3 rings (SSSR count). The topological polar surface area (TPSA) is 32.3 Å². The Labute approximate surface area is 118 Å². The Morgan fingerprint density at radius 3 is 2.83 bits per heavy atom. The lowest BCUT2D eigenvalue weighted by molar-refractivity contribution is 0.0691. The van der Waals surface area contributed by atoms with E-state index in [2.05, 4.69) is 5.32 Å². The zero-order chi connectivity index (χ0) is 11.9. The van der Waals surface area contributed by atoms with Crippen LogP contribution in [-0.4, -0.2) is 36.0 Å². The highest BCUT2D eigenvalue weighted by Gasteiger charge is 2.46. The monoisotopic (exact) mass is 286 g/mol. The van der Waals surface area contributed by atoms with Gasteiger partial charge in [0, 0.05) is 35.8 Å². The quantitative estimate of drug-likeness (QED) is 0.860. The molecule has 2 aliphatic rings. The number of carbonyl (C=O) groups is 1. The number of benzene rings is 1. The normalized spacial score (nSPS) is 20.4. The van der Waals surface area contributed by atoms with Crippen molar-refractivity contribution in [3.8, 4) is 0 Å². The molecule has 1 saturated carbocycles. The average Bonchev–Trinajstić information content (AvgIpc) is 3.07. The molecular formula is C13H16Cl2N2O. The summed E-state index contributed by atoms with van der Waals surface area (Å²) in [6.07, 6.45) is 2.37. The van der Waals surface area contributed by atoms with Gasteiger partial charge in [0.05, 0.1) is 0 Å². The van der Waals surface area contributed by atoms with Crippen LogP contribution in [0, 0.1) is 0 Å². The fourth-order valence-corrected chi connectivity index (χ4v) is 2.61. The molecule has 0 atom stereocenters. The van der Waals surface area contributed by atoms with Gasteiger partial charge < -0.3 is 10.2 Å². The molecule has 1 aliphatic heterocycles. The molecule has 98 valence electrons. The van der Waals surface area contributed by atoms with Gasteiger partial charge in [0.2, 0.25) is 0 Å². The smallest absolute Gasteiger partial charge is 0.254 e. The second-order valence-corrected chi connectivity index (χ2v) is 5.38. The number of amides is 1. The molecule has 1 spiro atoms. The summed E-state index contributed by atoms with van der Waals surface area (Å²) in [7, 11) is 0. The zero-order valence-corrected chi connectivity index (χ0v) is 11.6. The maximum Gasteiger partial charge on any atom is 0.254 e. The number of nitrogens with one attached hydrogen (secondary N) is 1. The van der Waals surface area contributed by atoms with Gasteiger partial charge in [0.15, 0.2) is 0 Å². The van der Waals surface area contributed by atoms with Crippen molar-refractivity contribution in [3.05, 3.63) is 34.9 Å². The minimum atomic E-state index is 0. The van der Waals surface area contributed by atoms with Gasteiger partial charge in [0.25, 0.3) is 5.91 Å². The molecule has 1 aromatic carbocycles. The van der Waals surface area contributed by atoms with Crippen LogP contribution in [0.25, 0.3) is 0 Å². The summed E-state index contributed by atoms with van der Waals surface area (Å²) in [5, 5.41) is 4.11. The molecule has 1 N–H and O–H groups in total. The van der Waals surface area contributed by atoms with E-state index in [9.17, 15) is 4.79 Å². The summed E-state index contributed by atoms with van der Waals surface area (Å²) in [5.74, 6) is 0.0975. The van der Waals surface area contributed by atoms with Crippen molar-refractivity contribution in [2.45, 2.75) is 18.4 Å². The molecule has 0 radical (unpaired) electrons. The first kappa shape index (κ1) is 13.7. The molecule has 1 aliphatic carbocycles. The molecule has 0 unspecified atom stereocenters. The van der Waals surface area contributed by atoms with Gasteiger partial charge in [-0.05, 0) is 31.0 Å². The lowest BCUT2D eigenvalue weighted by Gasteiger charge is -2.34. The van der Waals surface area contributed by atoms with Crippen molar-refractivity contribution in [1.29, 1.82) is 0 Å². The highest BCUT2D eigenvalue weighted by atomic mass is 35.5. The second-order valence-electron chi connectivity index (χ2n) is 4.94. The Morgan fingerprint density at radius 2 is 2.17 bits per heavy atom. The minimum Gasteiger partial charge on any atom is -0.336 e. The largest absolute Gasteiger partial charge is 0.336 e. The number of carbonyl (C=O) groups excluding carboxylic acids is 1. The van der Waals surface area contributed by atoms with Crippen molar-refractivity contribution < 1.29 is 4.79 Å². The van der Waals surface area contributed by atoms with Gasteiger partial charge in [-0.1, -0.05) is 17.7 Å². The maximum atomic E-state index is 12.3. The number of hydrogen-bond donors (Lipinski definition) is 1. The average molecular weight is 287 g/mol. The predicted molar refractivity (Wildman–Crippen MR) is 74.6 cm³/mol. The minimum absolute atomic E-state index is 0.